The van der Waals surface area contributed by atoms with Crippen molar-refractivity contribution in [3.8, 4) is 11.5 Å². The Labute approximate surface area is 202 Å². The summed E-state index contributed by atoms with van der Waals surface area (Å²) in [6, 6.07) is 12.6. The second-order valence-electron chi connectivity index (χ2n) is 9.06. The number of benzene rings is 1. The van der Waals surface area contributed by atoms with Crippen molar-refractivity contribution in [3.63, 3.8) is 0 Å². The number of amides is 1. The van der Waals surface area contributed by atoms with E-state index in [9.17, 15) is 9.59 Å². The summed E-state index contributed by atoms with van der Waals surface area (Å²) in [6.07, 6.45) is 1.69. The topological polar surface area (TPSA) is 112 Å². The van der Waals surface area contributed by atoms with Crippen molar-refractivity contribution >= 4 is 28.3 Å². The van der Waals surface area contributed by atoms with E-state index >= 15 is 0 Å². The smallest absolute Gasteiger partial charge is 0.270 e. The van der Waals surface area contributed by atoms with E-state index in [0.717, 1.165) is 13.1 Å². The van der Waals surface area contributed by atoms with Gasteiger partial charge < -0.3 is 24.7 Å². The van der Waals surface area contributed by atoms with Crippen molar-refractivity contribution in [1.82, 2.24) is 34.5 Å². The zero-order chi connectivity index (χ0) is 24.5. The van der Waals surface area contributed by atoms with Crippen LogP contribution in [0.3, 0.4) is 0 Å². The number of hydrogen-bond donors (Lipinski definition) is 2. The van der Waals surface area contributed by atoms with Crippen LogP contribution in [0.15, 0.2) is 53.6 Å². The van der Waals surface area contributed by atoms with Crippen LogP contribution in [-0.4, -0.2) is 73.7 Å². The Balaban J connectivity index is 1.46. The molecule has 0 spiro atoms. The third kappa shape index (κ3) is 4.52. The molecular weight excluding hydrogens is 444 g/mol. The van der Waals surface area contributed by atoms with E-state index in [1.54, 1.807) is 17.3 Å². The molecule has 3 aromatic heterocycles. The Morgan fingerprint density at radius 1 is 1.09 bits per heavy atom. The minimum atomic E-state index is -0.227. The molecule has 1 amide bonds. The molecule has 4 heterocycles. The first kappa shape index (κ1) is 22.7. The molecule has 10 heteroatoms. The molecule has 1 saturated heterocycles. The fourth-order valence-electron chi connectivity index (χ4n) is 4.28. The molecule has 0 aliphatic carbocycles. The number of nitrogens with one attached hydrogen (secondary N) is 2. The minimum Gasteiger partial charge on any atom is -0.350 e. The molecule has 10 nitrogen and oxygen atoms in total. The van der Waals surface area contributed by atoms with Gasteiger partial charge >= 0.3 is 0 Å². The maximum atomic E-state index is 13.1. The highest BCUT2D eigenvalue weighted by atomic mass is 16.2. The SMILES string of the molecule is CC(C)n1cnnc1-c1cccc(Nc2cccc3[nH]c(C(=O)N4CCN(C)CC4)cc(=O)c23)n1. The number of carbonyl (C=O) groups is 1. The van der Waals surface area contributed by atoms with Gasteiger partial charge in [-0.25, -0.2) is 4.98 Å². The summed E-state index contributed by atoms with van der Waals surface area (Å²) < 4.78 is 1.95. The van der Waals surface area contributed by atoms with E-state index in [0.29, 0.717) is 52.7 Å². The van der Waals surface area contributed by atoms with Gasteiger partial charge in [-0.15, -0.1) is 10.2 Å². The number of fused-ring (bicyclic) bond motifs is 1. The standard InChI is InChI=1S/C25H28N8O2/c1-16(2)33-15-26-30-24(33)19-8-5-9-22(29-19)28-18-7-4-6-17-23(18)21(34)14-20(27-17)25(35)32-12-10-31(3)11-13-32/h4-9,14-16H,10-13H2,1-3H3,(H,27,34)(H,28,29). The van der Waals surface area contributed by atoms with Crippen molar-refractivity contribution in [3.05, 3.63) is 64.7 Å². The molecule has 1 aliphatic rings. The number of hydrogen-bond acceptors (Lipinski definition) is 7. The molecule has 180 valence electrons. The third-order valence-corrected chi connectivity index (χ3v) is 6.25. The van der Waals surface area contributed by atoms with Crippen LogP contribution in [0, 0.1) is 0 Å². The largest absolute Gasteiger partial charge is 0.350 e. The number of aromatic nitrogens is 5. The number of anilines is 2. The lowest BCUT2D eigenvalue weighted by atomic mass is 10.1. The van der Waals surface area contributed by atoms with Crippen molar-refractivity contribution in [2.45, 2.75) is 19.9 Å². The third-order valence-electron chi connectivity index (χ3n) is 6.25. The molecule has 0 atom stereocenters. The molecular formula is C25H28N8O2. The van der Waals surface area contributed by atoms with Gasteiger partial charge in [0.05, 0.1) is 16.6 Å². The minimum absolute atomic E-state index is 0.154. The number of likely N-dealkylation sites (N-methyl/N-ethyl adjacent to an activating group) is 1. The zero-order valence-corrected chi connectivity index (χ0v) is 20.0. The number of pyridine rings is 2. The maximum Gasteiger partial charge on any atom is 0.270 e. The molecule has 0 radical (unpaired) electrons. The lowest BCUT2D eigenvalue weighted by molar-refractivity contribution is 0.0658. The number of piperazine rings is 1. The second-order valence-corrected chi connectivity index (χ2v) is 9.06. The Hall–Kier alpha value is -4.05. The lowest BCUT2D eigenvalue weighted by Crippen LogP contribution is -2.47. The highest BCUT2D eigenvalue weighted by molar-refractivity contribution is 5.98. The Morgan fingerprint density at radius 2 is 1.86 bits per heavy atom. The van der Waals surface area contributed by atoms with Crippen molar-refractivity contribution < 1.29 is 4.79 Å². The van der Waals surface area contributed by atoms with Crippen molar-refractivity contribution in [2.75, 3.05) is 38.5 Å². The van der Waals surface area contributed by atoms with Crippen LogP contribution < -0.4 is 10.7 Å². The highest BCUT2D eigenvalue weighted by Crippen LogP contribution is 2.25. The van der Waals surface area contributed by atoms with Gasteiger partial charge in [-0.3, -0.25) is 9.59 Å². The second kappa shape index (κ2) is 9.30. The van der Waals surface area contributed by atoms with Crippen molar-refractivity contribution in [1.29, 1.82) is 0 Å². The molecule has 35 heavy (non-hydrogen) atoms. The number of aromatic amines is 1. The first-order valence-corrected chi connectivity index (χ1v) is 11.7. The number of H-pyrrole nitrogens is 1. The monoisotopic (exact) mass is 472 g/mol. The molecule has 1 aromatic carbocycles. The summed E-state index contributed by atoms with van der Waals surface area (Å²) >= 11 is 0. The summed E-state index contributed by atoms with van der Waals surface area (Å²) in [5.74, 6) is 1.09. The molecule has 2 N–H and O–H groups in total. The molecule has 1 fully saturated rings. The zero-order valence-electron chi connectivity index (χ0n) is 20.0. The number of rotatable bonds is 5. The van der Waals surface area contributed by atoms with E-state index in [1.807, 2.05) is 41.9 Å². The Morgan fingerprint density at radius 3 is 2.63 bits per heavy atom. The van der Waals surface area contributed by atoms with Gasteiger partial charge in [0.1, 0.15) is 23.5 Å². The predicted molar refractivity (Wildman–Crippen MR) is 135 cm³/mol. The van der Waals surface area contributed by atoms with E-state index in [2.05, 4.69) is 39.2 Å². The fourth-order valence-corrected chi connectivity index (χ4v) is 4.28. The van der Waals surface area contributed by atoms with Crippen molar-refractivity contribution in [2.24, 2.45) is 0 Å². The molecule has 0 saturated carbocycles. The lowest BCUT2D eigenvalue weighted by Gasteiger charge is -2.32. The van der Waals surface area contributed by atoms with Gasteiger partial charge in [0.2, 0.25) is 0 Å². The first-order valence-electron chi connectivity index (χ1n) is 11.7. The van der Waals surface area contributed by atoms with Crippen LogP contribution >= 0.6 is 0 Å². The van der Waals surface area contributed by atoms with Gasteiger partial charge in [-0.1, -0.05) is 12.1 Å². The van der Waals surface area contributed by atoms with E-state index in [4.69, 9.17) is 4.98 Å². The quantitative estimate of drug-likeness (QED) is 0.459. The Kier molecular flexibility index (Phi) is 6.04. The van der Waals surface area contributed by atoms with Gasteiger partial charge in [0, 0.05) is 38.3 Å². The van der Waals surface area contributed by atoms with E-state index in [-0.39, 0.29) is 17.4 Å². The number of carbonyl (C=O) groups excluding carboxylic acids is 1. The maximum absolute atomic E-state index is 13.1. The molecule has 1 aliphatic heterocycles. The molecule has 5 rings (SSSR count). The van der Waals surface area contributed by atoms with Crippen LogP contribution in [0.5, 0.6) is 0 Å². The van der Waals surface area contributed by atoms with Crippen LogP contribution in [-0.2, 0) is 0 Å². The van der Waals surface area contributed by atoms with Crippen LogP contribution in [0.2, 0.25) is 0 Å². The molecule has 0 unspecified atom stereocenters. The summed E-state index contributed by atoms with van der Waals surface area (Å²) in [5.41, 5.74) is 1.95. The number of nitrogens with zero attached hydrogens (tertiary/aromatic N) is 6. The average Bonchev–Trinajstić information content (AvgIpc) is 3.35. The van der Waals surface area contributed by atoms with Gasteiger partial charge in [-0.2, -0.15) is 0 Å². The fraction of sp³-hybridized carbons (Fsp3) is 0.320. The summed E-state index contributed by atoms with van der Waals surface area (Å²) in [5, 5.41) is 12.0. The van der Waals surface area contributed by atoms with Crippen LogP contribution in [0.1, 0.15) is 30.4 Å². The van der Waals surface area contributed by atoms with Gasteiger partial charge in [0.15, 0.2) is 11.3 Å². The summed E-state index contributed by atoms with van der Waals surface area (Å²) in [6.45, 7) is 7.03. The molecule has 0 bridgehead atoms. The summed E-state index contributed by atoms with van der Waals surface area (Å²) in [4.78, 5) is 38.0. The van der Waals surface area contributed by atoms with E-state index in [1.165, 1.54) is 6.07 Å². The van der Waals surface area contributed by atoms with E-state index < -0.39 is 0 Å². The highest BCUT2D eigenvalue weighted by Gasteiger charge is 2.22. The predicted octanol–water partition coefficient (Wildman–Crippen LogP) is 2.89. The average molecular weight is 473 g/mol. The van der Waals surface area contributed by atoms with Crippen LogP contribution in [0.25, 0.3) is 22.4 Å². The summed E-state index contributed by atoms with van der Waals surface area (Å²) in [7, 11) is 2.04. The molecule has 4 aromatic rings. The van der Waals surface area contributed by atoms with Gasteiger partial charge in [-0.05, 0) is 45.2 Å². The van der Waals surface area contributed by atoms with Crippen LogP contribution in [0.4, 0.5) is 11.5 Å². The Bertz CT molecular complexity index is 1430. The van der Waals surface area contributed by atoms with Gasteiger partial charge in [0.25, 0.3) is 5.91 Å². The first-order chi connectivity index (χ1) is 16.9. The normalized spacial score (nSPS) is 14.6.